The largest absolute Gasteiger partial charge is 0.493 e. The molecule has 1 aromatic heterocycles. The summed E-state index contributed by atoms with van der Waals surface area (Å²) in [5, 5.41) is 27.6. The molecule has 10 heteroatoms. The second kappa shape index (κ2) is 8.65. The van der Waals surface area contributed by atoms with E-state index in [1.54, 1.807) is 36.5 Å². The number of aliphatic carboxylic acids is 1. The van der Waals surface area contributed by atoms with Crippen LogP contribution in [-0.4, -0.2) is 38.1 Å². The Kier molecular flexibility index (Phi) is 5.83. The molecule has 0 bridgehead atoms. The molecule has 10 nitrogen and oxygen atoms in total. The van der Waals surface area contributed by atoms with E-state index in [2.05, 4.69) is 10.3 Å². The van der Waals surface area contributed by atoms with E-state index in [0.717, 1.165) is 6.08 Å². The van der Waals surface area contributed by atoms with Gasteiger partial charge in [0.05, 0.1) is 23.9 Å². The molecule has 0 atom stereocenters. The van der Waals surface area contributed by atoms with Gasteiger partial charge in [0.15, 0.2) is 11.5 Å². The molecule has 0 amide bonds. The van der Waals surface area contributed by atoms with E-state index >= 15 is 0 Å². The zero-order valence-corrected chi connectivity index (χ0v) is 15.3. The number of hydrogen-bond donors (Lipinski definition) is 1. The molecule has 148 valence electrons. The SMILES string of the molecule is COc1cc(/C=C/C(=O)O)ccc1OCc1cn(-c2cccc([N+](=O)[O-])c2)nn1. The Morgan fingerprint density at radius 2 is 2.10 bits per heavy atom. The summed E-state index contributed by atoms with van der Waals surface area (Å²) in [7, 11) is 1.48. The van der Waals surface area contributed by atoms with Crippen molar-refractivity contribution < 1.29 is 24.3 Å². The predicted molar refractivity (Wildman–Crippen MR) is 102 cm³/mol. The van der Waals surface area contributed by atoms with Gasteiger partial charge in [-0.2, -0.15) is 0 Å². The van der Waals surface area contributed by atoms with Gasteiger partial charge in [0, 0.05) is 18.2 Å². The van der Waals surface area contributed by atoms with Crippen molar-refractivity contribution in [2.75, 3.05) is 7.11 Å². The highest BCUT2D eigenvalue weighted by atomic mass is 16.6. The van der Waals surface area contributed by atoms with Crippen LogP contribution >= 0.6 is 0 Å². The zero-order valence-electron chi connectivity index (χ0n) is 15.3. The van der Waals surface area contributed by atoms with E-state index in [1.807, 2.05) is 0 Å². The third-order valence-electron chi connectivity index (χ3n) is 3.83. The number of non-ortho nitro benzene ring substituents is 1. The van der Waals surface area contributed by atoms with Crippen molar-refractivity contribution >= 4 is 17.7 Å². The first-order valence-electron chi connectivity index (χ1n) is 8.34. The van der Waals surface area contributed by atoms with Crippen molar-refractivity contribution in [2.24, 2.45) is 0 Å². The molecule has 29 heavy (non-hydrogen) atoms. The third-order valence-corrected chi connectivity index (χ3v) is 3.83. The van der Waals surface area contributed by atoms with Crippen LogP contribution in [0.1, 0.15) is 11.3 Å². The van der Waals surface area contributed by atoms with Crippen molar-refractivity contribution in [3.05, 3.63) is 76.1 Å². The minimum atomic E-state index is -1.05. The molecule has 0 aliphatic heterocycles. The summed E-state index contributed by atoms with van der Waals surface area (Å²) in [5.74, 6) is -0.162. The summed E-state index contributed by atoms with van der Waals surface area (Å²) in [5.41, 5.74) is 1.62. The van der Waals surface area contributed by atoms with Gasteiger partial charge in [-0.1, -0.05) is 17.3 Å². The first-order chi connectivity index (χ1) is 14.0. The van der Waals surface area contributed by atoms with E-state index in [4.69, 9.17) is 14.6 Å². The van der Waals surface area contributed by atoms with Crippen LogP contribution in [0.5, 0.6) is 11.5 Å². The lowest BCUT2D eigenvalue weighted by atomic mass is 10.2. The van der Waals surface area contributed by atoms with E-state index in [1.165, 1.54) is 30.0 Å². The first kappa shape index (κ1) is 19.5. The molecule has 2 aromatic carbocycles. The van der Waals surface area contributed by atoms with Gasteiger partial charge in [-0.25, -0.2) is 9.48 Å². The Morgan fingerprint density at radius 3 is 2.83 bits per heavy atom. The van der Waals surface area contributed by atoms with Crippen molar-refractivity contribution in [1.29, 1.82) is 0 Å². The van der Waals surface area contributed by atoms with Gasteiger partial charge in [0.25, 0.3) is 5.69 Å². The van der Waals surface area contributed by atoms with Gasteiger partial charge in [0.2, 0.25) is 0 Å². The van der Waals surface area contributed by atoms with Gasteiger partial charge in [0.1, 0.15) is 12.3 Å². The highest BCUT2D eigenvalue weighted by molar-refractivity contribution is 5.85. The number of nitro groups is 1. The van der Waals surface area contributed by atoms with Crippen molar-refractivity contribution in [3.63, 3.8) is 0 Å². The number of carboxylic acids is 1. The minimum Gasteiger partial charge on any atom is -0.493 e. The molecule has 3 aromatic rings. The van der Waals surface area contributed by atoms with Crippen LogP contribution in [0.15, 0.2) is 54.7 Å². The van der Waals surface area contributed by atoms with E-state index in [0.29, 0.717) is 28.4 Å². The molecule has 1 heterocycles. The molecule has 0 aliphatic carbocycles. The summed E-state index contributed by atoms with van der Waals surface area (Å²) >= 11 is 0. The van der Waals surface area contributed by atoms with E-state index in [-0.39, 0.29) is 12.3 Å². The molecule has 0 radical (unpaired) electrons. The fourth-order valence-electron chi connectivity index (χ4n) is 2.47. The normalized spacial score (nSPS) is 10.8. The molecule has 0 saturated carbocycles. The zero-order chi connectivity index (χ0) is 20.8. The number of rotatable bonds is 8. The minimum absolute atomic E-state index is 0.0439. The van der Waals surface area contributed by atoms with Gasteiger partial charge in [-0.15, -0.1) is 5.10 Å². The lowest BCUT2D eigenvalue weighted by Crippen LogP contribution is -1.98. The monoisotopic (exact) mass is 396 g/mol. The van der Waals surface area contributed by atoms with Crippen LogP contribution in [0.2, 0.25) is 0 Å². The van der Waals surface area contributed by atoms with Crippen LogP contribution in [0.4, 0.5) is 5.69 Å². The maximum Gasteiger partial charge on any atom is 0.328 e. The van der Waals surface area contributed by atoms with Gasteiger partial charge < -0.3 is 14.6 Å². The van der Waals surface area contributed by atoms with Crippen LogP contribution in [0.3, 0.4) is 0 Å². The number of ether oxygens (including phenoxy) is 2. The lowest BCUT2D eigenvalue weighted by molar-refractivity contribution is -0.384. The average molecular weight is 396 g/mol. The number of carboxylic acid groups (broad SMARTS) is 1. The van der Waals surface area contributed by atoms with Crippen LogP contribution in [-0.2, 0) is 11.4 Å². The average Bonchev–Trinajstić information content (AvgIpc) is 3.20. The first-order valence-corrected chi connectivity index (χ1v) is 8.34. The van der Waals surface area contributed by atoms with E-state index in [9.17, 15) is 14.9 Å². The Labute approximate surface area is 164 Å². The number of hydrogen-bond acceptors (Lipinski definition) is 7. The Morgan fingerprint density at radius 1 is 1.28 bits per heavy atom. The van der Waals surface area contributed by atoms with Crippen LogP contribution in [0, 0.1) is 10.1 Å². The molecule has 0 fully saturated rings. The fourth-order valence-corrected chi connectivity index (χ4v) is 2.47. The summed E-state index contributed by atoms with van der Waals surface area (Å²) in [6.07, 6.45) is 4.08. The third kappa shape index (κ3) is 4.95. The van der Waals surface area contributed by atoms with Gasteiger partial charge >= 0.3 is 5.97 Å². The molecular weight excluding hydrogens is 380 g/mol. The van der Waals surface area contributed by atoms with Crippen molar-refractivity contribution in [2.45, 2.75) is 6.61 Å². The molecule has 0 saturated heterocycles. The summed E-state index contributed by atoms with van der Waals surface area (Å²) in [6.45, 7) is 0.0929. The molecule has 1 N–H and O–H groups in total. The molecule has 0 unspecified atom stereocenters. The Hall–Kier alpha value is -4.21. The number of nitrogens with zero attached hydrogens (tertiary/aromatic N) is 4. The maximum absolute atomic E-state index is 10.9. The van der Waals surface area contributed by atoms with E-state index < -0.39 is 10.9 Å². The number of methoxy groups -OCH3 is 1. The van der Waals surface area contributed by atoms with Crippen molar-refractivity contribution in [3.8, 4) is 17.2 Å². The highest BCUT2D eigenvalue weighted by Gasteiger charge is 2.10. The van der Waals surface area contributed by atoms with Gasteiger partial charge in [-0.05, 0) is 29.8 Å². The van der Waals surface area contributed by atoms with Crippen molar-refractivity contribution in [1.82, 2.24) is 15.0 Å². The highest BCUT2D eigenvalue weighted by Crippen LogP contribution is 2.29. The number of carbonyl (C=O) groups is 1. The number of aromatic nitrogens is 3. The smallest absolute Gasteiger partial charge is 0.328 e. The standard InChI is InChI=1S/C19H16N4O6/c1-28-18-9-13(6-8-19(24)25)5-7-17(18)29-12-14-11-22(21-20-14)15-3-2-4-16(10-15)23(26)27/h2-11H,12H2,1H3,(H,24,25)/b8-6+. The van der Waals surface area contributed by atoms with Crippen LogP contribution in [0.25, 0.3) is 11.8 Å². The molecule has 3 rings (SSSR count). The summed E-state index contributed by atoms with van der Waals surface area (Å²) < 4.78 is 12.4. The number of benzene rings is 2. The van der Waals surface area contributed by atoms with Crippen LogP contribution < -0.4 is 9.47 Å². The topological polar surface area (TPSA) is 130 Å². The summed E-state index contributed by atoms with van der Waals surface area (Å²) in [6, 6.07) is 11.0. The predicted octanol–water partition coefficient (Wildman–Crippen LogP) is 2.86. The number of nitro benzene ring substituents is 1. The molecule has 0 aliphatic rings. The second-order valence-electron chi connectivity index (χ2n) is 5.80. The lowest BCUT2D eigenvalue weighted by Gasteiger charge is -2.10. The fraction of sp³-hybridized carbons (Fsp3) is 0.105. The molecule has 0 spiro atoms. The Balaban J connectivity index is 1.72. The molecular formula is C19H16N4O6. The quantitative estimate of drug-likeness (QED) is 0.349. The Bertz CT molecular complexity index is 1080. The maximum atomic E-state index is 10.9. The second-order valence-corrected chi connectivity index (χ2v) is 5.80. The van der Waals surface area contributed by atoms with Gasteiger partial charge in [-0.3, -0.25) is 10.1 Å². The summed E-state index contributed by atoms with van der Waals surface area (Å²) in [4.78, 5) is 21.0.